The number of ether oxygens (including phenoxy) is 1. The summed E-state index contributed by atoms with van der Waals surface area (Å²) < 4.78 is 7.41. The number of likely N-dealkylation sites (N-methyl/N-ethyl adjacent to an activating group) is 1. The normalized spacial score (nSPS) is 25.1. The molecule has 0 spiro atoms. The summed E-state index contributed by atoms with van der Waals surface area (Å²) in [6.45, 7) is 2.20. The standard InChI is InChI=1S/C19H23ClIN5O2/c1-24(15-4-7-28-12-15)19(27)13-3-6-25(18(21)8-13)17-10-22-5-2-16(17)26-11-14(20)9-23-26/h2,5,9-11,13,15,18H,3-4,6-8,12H2,1H3/t13?,15-,18?/m1/s1. The predicted octanol–water partition coefficient (Wildman–Crippen LogP) is 3.15. The van der Waals surface area contributed by atoms with Crippen LogP contribution in [0.5, 0.6) is 0 Å². The fourth-order valence-corrected chi connectivity index (χ4v) is 5.26. The number of piperidine rings is 1. The molecule has 2 aliphatic rings. The van der Waals surface area contributed by atoms with Crippen molar-refractivity contribution in [2.24, 2.45) is 5.92 Å². The van der Waals surface area contributed by atoms with E-state index in [-0.39, 0.29) is 21.9 Å². The molecule has 0 bridgehead atoms. The van der Waals surface area contributed by atoms with Gasteiger partial charge in [0.15, 0.2) is 0 Å². The van der Waals surface area contributed by atoms with Gasteiger partial charge >= 0.3 is 0 Å². The minimum atomic E-state index is 0.0445. The van der Waals surface area contributed by atoms with Crippen LogP contribution in [0.15, 0.2) is 30.9 Å². The van der Waals surface area contributed by atoms with Crippen molar-refractivity contribution in [1.29, 1.82) is 0 Å². The molecule has 2 aromatic rings. The Morgan fingerprint density at radius 3 is 2.89 bits per heavy atom. The summed E-state index contributed by atoms with van der Waals surface area (Å²) in [5.41, 5.74) is 1.94. The molecule has 3 atom stereocenters. The molecule has 2 unspecified atom stereocenters. The van der Waals surface area contributed by atoms with Crippen molar-refractivity contribution in [3.8, 4) is 5.69 Å². The minimum absolute atomic E-state index is 0.0445. The lowest BCUT2D eigenvalue weighted by Crippen LogP contribution is -2.47. The van der Waals surface area contributed by atoms with Gasteiger partial charge in [-0.2, -0.15) is 5.10 Å². The number of carbonyl (C=O) groups excluding carboxylic acids is 1. The zero-order valence-corrected chi connectivity index (χ0v) is 18.6. The molecule has 0 aliphatic carbocycles. The van der Waals surface area contributed by atoms with Gasteiger partial charge in [0.05, 0.1) is 45.5 Å². The van der Waals surface area contributed by atoms with Crippen molar-refractivity contribution < 1.29 is 9.53 Å². The molecule has 4 heterocycles. The molecule has 7 nitrogen and oxygen atoms in total. The summed E-state index contributed by atoms with van der Waals surface area (Å²) in [7, 11) is 1.91. The van der Waals surface area contributed by atoms with E-state index in [0.29, 0.717) is 11.6 Å². The highest BCUT2D eigenvalue weighted by Gasteiger charge is 2.35. The van der Waals surface area contributed by atoms with Gasteiger partial charge in [-0.15, -0.1) is 0 Å². The molecular weight excluding hydrogens is 493 g/mol. The van der Waals surface area contributed by atoms with E-state index >= 15 is 0 Å². The van der Waals surface area contributed by atoms with Crippen molar-refractivity contribution in [2.75, 3.05) is 31.7 Å². The SMILES string of the molecule is CN(C(=O)C1CCN(c2cnccc2-n2cc(Cl)cn2)C(I)C1)[C@@H]1CCOC1. The summed E-state index contributed by atoms with van der Waals surface area (Å²) in [5.74, 6) is 0.283. The Morgan fingerprint density at radius 1 is 1.36 bits per heavy atom. The zero-order valence-electron chi connectivity index (χ0n) is 15.7. The first-order chi connectivity index (χ1) is 13.5. The Kier molecular flexibility index (Phi) is 6.07. The minimum Gasteiger partial charge on any atom is -0.379 e. The van der Waals surface area contributed by atoms with Crippen LogP contribution in [0.25, 0.3) is 5.69 Å². The van der Waals surface area contributed by atoms with Gasteiger partial charge in [-0.05, 0) is 25.3 Å². The maximum absolute atomic E-state index is 13.0. The lowest BCUT2D eigenvalue weighted by atomic mass is 9.94. The number of amides is 1. The highest BCUT2D eigenvalue weighted by Crippen LogP contribution is 2.35. The first-order valence-corrected chi connectivity index (χ1v) is 11.1. The van der Waals surface area contributed by atoms with Crippen molar-refractivity contribution in [3.63, 3.8) is 0 Å². The number of alkyl halides is 1. The molecule has 2 aromatic heterocycles. The molecule has 2 saturated heterocycles. The van der Waals surface area contributed by atoms with Crippen molar-refractivity contribution in [2.45, 2.75) is 29.4 Å². The molecule has 4 rings (SSSR count). The lowest BCUT2D eigenvalue weighted by molar-refractivity contribution is -0.137. The van der Waals surface area contributed by atoms with E-state index in [1.165, 1.54) is 0 Å². The molecule has 0 radical (unpaired) electrons. The van der Waals surface area contributed by atoms with Crippen molar-refractivity contribution in [1.82, 2.24) is 19.7 Å². The Labute approximate surface area is 183 Å². The fourth-order valence-electron chi connectivity index (χ4n) is 3.93. The third-order valence-corrected chi connectivity index (χ3v) is 6.95. The molecule has 0 aromatic carbocycles. The summed E-state index contributed by atoms with van der Waals surface area (Å²) in [5, 5.41) is 4.93. The first kappa shape index (κ1) is 19.9. The van der Waals surface area contributed by atoms with Gasteiger partial charge in [0.25, 0.3) is 0 Å². The maximum Gasteiger partial charge on any atom is 0.225 e. The van der Waals surface area contributed by atoms with Gasteiger partial charge in [0.2, 0.25) is 5.91 Å². The van der Waals surface area contributed by atoms with Crippen LogP contribution >= 0.6 is 34.2 Å². The third-order valence-electron chi connectivity index (χ3n) is 5.57. The molecule has 28 heavy (non-hydrogen) atoms. The Balaban J connectivity index is 1.49. The molecule has 2 aliphatic heterocycles. The topological polar surface area (TPSA) is 63.5 Å². The molecule has 0 saturated carbocycles. The number of nitrogens with zero attached hydrogens (tertiary/aromatic N) is 5. The largest absolute Gasteiger partial charge is 0.379 e. The second kappa shape index (κ2) is 8.54. The van der Waals surface area contributed by atoms with Crippen molar-refractivity contribution in [3.05, 3.63) is 35.9 Å². The maximum atomic E-state index is 13.0. The van der Waals surface area contributed by atoms with Gasteiger partial charge in [0.1, 0.15) is 0 Å². The van der Waals surface area contributed by atoms with E-state index in [4.69, 9.17) is 16.3 Å². The predicted molar refractivity (Wildman–Crippen MR) is 116 cm³/mol. The number of anilines is 1. The zero-order chi connectivity index (χ0) is 19.7. The smallest absolute Gasteiger partial charge is 0.225 e. The molecule has 1 amide bonds. The highest BCUT2D eigenvalue weighted by atomic mass is 127. The fraction of sp³-hybridized carbons (Fsp3) is 0.526. The van der Waals surface area contributed by atoms with Gasteiger partial charge in [-0.3, -0.25) is 9.78 Å². The summed E-state index contributed by atoms with van der Waals surface area (Å²) in [4.78, 5) is 21.5. The lowest BCUT2D eigenvalue weighted by Gasteiger charge is -2.39. The molecule has 9 heteroatoms. The second-order valence-electron chi connectivity index (χ2n) is 7.28. The van der Waals surface area contributed by atoms with Crippen LogP contribution in [-0.2, 0) is 9.53 Å². The average Bonchev–Trinajstić information content (AvgIpc) is 3.39. The van der Waals surface area contributed by atoms with Gasteiger partial charge in [-0.1, -0.05) is 34.2 Å². The summed E-state index contributed by atoms with van der Waals surface area (Å²) >= 11 is 8.48. The molecular formula is C19H23ClIN5O2. The first-order valence-electron chi connectivity index (χ1n) is 9.44. The molecule has 150 valence electrons. The number of carbonyl (C=O) groups is 1. The summed E-state index contributed by atoms with van der Waals surface area (Å²) in [6, 6.07) is 2.15. The Morgan fingerprint density at radius 2 is 2.21 bits per heavy atom. The quantitative estimate of drug-likeness (QED) is 0.356. The van der Waals surface area contributed by atoms with Crippen LogP contribution in [0.4, 0.5) is 5.69 Å². The second-order valence-corrected chi connectivity index (χ2v) is 9.16. The van der Waals surface area contributed by atoms with E-state index in [0.717, 1.165) is 43.8 Å². The van der Waals surface area contributed by atoms with Gasteiger partial charge in [0, 0.05) is 38.5 Å². The van der Waals surface area contributed by atoms with E-state index in [1.54, 1.807) is 23.3 Å². The van der Waals surface area contributed by atoms with Crippen molar-refractivity contribution >= 4 is 45.8 Å². The Bertz CT molecular complexity index is 841. The van der Waals surface area contributed by atoms with Gasteiger partial charge in [-0.25, -0.2) is 4.68 Å². The number of halogens is 2. The third kappa shape index (κ3) is 3.99. The number of aromatic nitrogens is 3. The number of hydrogen-bond acceptors (Lipinski definition) is 5. The highest BCUT2D eigenvalue weighted by molar-refractivity contribution is 14.1. The van der Waals surface area contributed by atoms with Gasteiger partial charge < -0.3 is 14.5 Å². The van der Waals surface area contributed by atoms with Crippen LogP contribution in [0, 0.1) is 5.92 Å². The van der Waals surface area contributed by atoms with E-state index in [2.05, 4.69) is 37.6 Å². The van der Waals surface area contributed by atoms with E-state index in [9.17, 15) is 4.79 Å². The number of hydrogen-bond donors (Lipinski definition) is 0. The molecule has 0 N–H and O–H groups in total. The van der Waals surface area contributed by atoms with Crippen LogP contribution in [0.3, 0.4) is 0 Å². The van der Waals surface area contributed by atoms with Crippen LogP contribution in [-0.4, -0.2) is 62.5 Å². The van der Waals surface area contributed by atoms with Crippen LogP contribution in [0.2, 0.25) is 5.02 Å². The van der Waals surface area contributed by atoms with Crippen LogP contribution in [0.1, 0.15) is 19.3 Å². The molecule has 2 fully saturated rings. The van der Waals surface area contributed by atoms with E-state index < -0.39 is 0 Å². The number of rotatable bonds is 4. The van der Waals surface area contributed by atoms with Crippen LogP contribution < -0.4 is 4.90 Å². The average molecular weight is 516 g/mol. The monoisotopic (exact) mass is 515 g/mol. The number of pyridine rings is 1. The van der Waals surface area contributed by atoms with E-state index in [1.807, 2.05) is 24.2 Å². The Hall–Kier alpha value is -1.39. The summed E-state index contributed by atoms with van der Waals surface area (Å²) in [6.07, 6.45) is 9.60.